The molecule has 2 aromatic heterocycles. The molecule has 1 saturated heterocycles. The fraction of sp³-hybridized carbons (Fsp3) is 0.500. The van der Waals surface area contributed by atoms with E-state index < -0.39 is 28.9 Å². The number of hydrogen-bond donors (Lipinski definition) is 2. The van der Waals surface area contributed by atoms with Crippen LogP contribution in [0.2, 0.25) is 0 Å². The number of piperidine rings is 1. The molecule has 2 aliphatic rings. The molecule has 10 nitrogen and oxygen atoms in total. The van der Waals surface area contributed by atoms with E-state index in [-0.39, 0.29) is 47.1 Å². The van der Waals surface area contributed by atoms with E-state index >= 15 is 4.39 Å². The minimum absolute atomic E-state index is 0.0492. The second-order valence-corrected chi connectivity index (χ2v) is 14.6. The highest BCUT2D eigenvalue weighted by Gasteiger charge is 2.46. The molecule has 1 atom stereocenters. The fourth-order valence-electron chi connectivity index (χ4n) is 6.60. The number of pyridine rings is 1. The smallest absolute Gasteiger partial charge is 0.410 e. The van der Waals surface area contributed by atoms with Gasteiger partial charge >= 0.3 is 12.1 Å². The third-order valence-corrected chi connectivity index (χ3v) is 9.12. The van der Waals surface area contributed by atoms with Gasteiger partial charge < -0.3 is 29.5 Å². The van der Waals surface area contributed by atoms with Gasteiger partial charge in [0.05, 0.1) is 17.6 Å². The van der Waals surface area contributed by atoms with Gasteiger partial charge in [-0.1, -0.05) is 13.0 Å². The molecule has 0 spiro atoms. The summed E-state index contributed by atoms with van der Waals surface area (Å²) in [6, 6.07) is 5.74. The molecule has 2 aromatic carbocycles. The van der Waals surface area contributed by atoms with Crippen LogP contribution in [0.5, 0.6) is 11.8 Å². The quantitative estimate of drug-likeness (QED) is 0.210. The Labute approximate surface area is 278 Å². The largest absolute Gasteiger partial charge is 0.508 e. The first kappa shape index (κ1) is 33.6. The first-order valence-electron chi connectivity index (χ1n) is 16.4. The zero-order valence-electron chi connectivity index (χ0n) is 28.4. The van der Waals surface area contributed by atoms with Crippen LogP contribution in [0.4, 0.5) is 19.4 Å². The Kier molecular flexibility index (Phi) is 8.60. The van der Waals surface area contributed by atoms with E-state index in [9.17, 15) is 19.4 Å². The normalized spacial score (nSPS) is 19.1. The number of anilines is 1. The number of nitrogens with zero attached hydrogens (tertiary/aromatic N) is 5. The molecule has 0 radical (unpaired) electrons. The second kappa shape index (κ2) is 12.3. The molecule has 1 aliphatic carbocycles. The lowest BCUT2D eigenvalue weighted by Crippen LogP contribution is -2.46. The number of β-amino-alcohol motifs (C(OH)–C–C–N with tert-alkyl or cyclic N) is 1. The van der Waals surface area contributed by atoms with Gasteiger partial charge in [0.25, 0.3) is 0 Å². The maximum Gasteiger partial charge on any atom is 0.410 e. The Morgan fingerprint density at radius 1 is 1.15 bits per heavy atom. The molecule has 4 aromatic rings. The van der Waals surface area contributed by atoms with Gasteiger partial charge in [-0.05, 0) is 94.3 Å². The number of rotatable bonds is 8. The van der Waals surface area contributed by atoms with E-state index in [2.05, 4.69) is 9.97 Å². The fourth-order valence-corrected chi connectivity index (χ4v) is 6.60. The summed E-state index contributed by atoms with van der Waals surface area (Å²) in [5.41, 5.74) is -1.45. The van der Waals surface area contributed by atoms with Crippen LogP contribution < -0.4 is 9.64 Å². The molecule has 3 heterocycles. The topological polar surface area (TPSA) is 121 Å². The number of benzene rings is 2. The molecule has 1 saturated carbocycles. The van der Waals surface area contributed by atoms with Crippen LogP contribution in [0.3, 0.4) is 0 Å². The van der Waals surface area contributed by atoms with Crippen LogP contribution >= 0.6 is 0 Å². The number of carbonyl (C=O) groups is 1. The van der Waals surface area contributed by atoms with Crippen molar-refractivity contribution in [2.24, 2.45) is 5.41 Å². The molecule has 48 heavy (non-hydrogen) atoms. The van der Waals surface area contributed by atoms with Crippen molar-refractivity contribution >= 4 is 33.6 Å². The van der Waals surface area contributed by atoms with E-state index in [0.29, 0.717) is 59.9 Å². The van der Waals surface area contributed by atoms with E-state index in [1.165, 1.54) is 29.3 Å². The zero-order chi connectivity index (χ0) is 34.6. The van der Waals surface area contributed by atoms with Gasteiger partial charge in [0.15, 0.2) is 5.82 Å². The van der Waals surface area contributed by atoms with Gasteiger partial charge in [0.1, 0.15) is 34.2 Å². The van der Waals surface area contributed by atoms with Crippen LogP contribution in [-0.4, -0.2) is 80.6 Å². The molecule has 6 rings (SSSR count). The second-order valence-electron chi connectivity index (χ2n) is 14.6. The summed E-state index contributed by atoms with van der Waals surface area (Å²) < 4.78 is 43.5. The van der Waals surface area contributed by atoms with Crippen LogP contribution in [0, 0.1) is 17.0 Å². The molecule has 0 unspecified atom stereocenters. The molecule has 2 fully saturated rings. The monoisotopic (exact) mass is 663 g/mol. The number of ether oxygens (including phenoxy) is 2. The lowest BCUT2D eigenvalue weighted by Gasteiger charge is -2.37. The molecule has 256 valence electrons. The Bertz CT molecular complexity index is 1890. The molecular formula is C36H43F2N5O5. The number of aromatic hydroxyl groups is 1. The lowest BCUT2D eigenvalue weighted by molar-refractivity contribution is 0.0244. The average Bonchev–Trinajstić information content (AvgIpc) is 3.77. The number of carbonyl (C=O) groups excluding carboxylic acids is 1. The van der Waals surface area contributed by atoms with Gasteiger partial charge in [-0.15, -0.1) is 0 Å². The minimum atomic E-state index is -0.978. The predicted molar refractivity (Wildman–Crippen MR) is 179 cm³/mol. The molecule has 2 N–H and O–H groups in total. The Morgan fingerprint density at radius 2 is 1.90 bits per heavy atom. The number of aryl methyl sites for hydroxylation is 1. The number of aliphatic hydroxyl groups is 1. The molecule has 0 bridgehead atoms. The first-order valence-corrected chi connectivity index (χ1v) is 16.4. The Hall–Kier alpha value is -4.32. The van der Waals surface area contributed by atoms with E-state index in [1.807, 2.05) is 32.6 Å². The maximum absolute atomic E-state index is 16.8. The highest BCUT2D eigenvalue weighted by Crippen LogP contribution is 2.47. The number of hydrogen-bond acceptors (Lipinski definition) is 9. The summed E-state index contributed by atoms with van der Waals surface area (Å²) >= 11 is 0. The number of fused-ring (bicyclic) bond motifs is 2. The summed E-state index contributed by atoms with van der Waals surface area (Å²) in [6.45, 7) is 10.5. The Morgan fingerprint density at radius 3 is 2.56 bits per heavy atom. The van der Waals surface area contributed by atoms with Gasteiger partial charge in [-0.25, -0.2) is 13.6 Å². The molecule has 1 amide bonds. The van der Waals surface area contributed by atoms with Crippen molar-refractivity contribution in [2.45, 2.75) is 77.9 Å². The van der Waals surface area contributed by atoms with Gasteiger partial charge in [0, 0.05) is 43.9 Å². The van der Waals surface area contributed by atoms with E-state index in [4.69, 9.17) is 14.5 Å². The van der Waals surface area contributed by atoms with Crippen molar-refractivity contribution in [2.75, 3.05) is 38.2 Å². The van der Waals surface area contributed by atoms with Crippen molar-refractivity contribution < 1.29 is 33.3 Å². The number of phenolic OH excluding ortho intramolecular Hbond substituents is 1. The first-order chi connectivity index (χ1) is 22.6. The molecule has 12 heteroatoms. The van der Waals surface area contributed by atoms with Gasteiger partial charge in [-0.2, -0.15) is 9.97 Å². The van der Waals surface area contributed by atoms with Crippen LogP contribution in [0.25, 0.3) is 32.9 Å². The molecule has 1 aliphatic heterocycles. The van der Waals surface area contributed by atoms with Crippen molar-refractivity contribution in [1.82, 2.24) is 19.9 Å². The number of amides is 1. The lowest BCUT2D eigenvalue weighted by atomic mass is 9.94. The summed E-state index contributed by atoms with van der Waals surface area (Å²) in [5, 5.41) is 22.8. The van der Waals surface area contributed by atoms with Crippen molar-refractivity contribution in [3.63, 3.8) is 0 Å². The van der Waals surface area contributed by atoms with E-state index in [0.717, 1.165) is 12.8 Å². The van der Waals surface area contributed by atoms with Crippen molar-refractivity contribution in [3.05, 3.63) is 47.7 Å². The number of halogens is 2. The number of phenols is 1. The summed E-state index contributed by atoms with van der Waals surface area (Å²) in [7, 11) is 1.69. The van der Waals surface area contributed by atoms with Crippen molar-refractivity contribution in [3.8, 4) is 23.0 Å². The van der Waals surface area contributed by atoms with Crippen LogP contribution in [0.15, 0.2) is 30.5 Å². The average molecular weight is 664 g/mol. The third kappa shape index (κ3) is 6.80. The van der Waals surface area contributed by atoms with Crippen LogP contribution in [-0.2, 0) is 11.2 Å². The van der Waals surface area contributed by atoms with Gasteiger partial charge in [0.2, 0.25) is 0 Å². The van der Waals surface area contributed by atoms with E-state index in [1.54, 1.807) is 20.0 Å². The van der Waals surface area contributed by atoms with Gasteiger partial charge in [-0.3, -0.25) is 4.98 Å². The highest BCUT2D eigenvalue weighted by molar-refractivity contribution is 6.01. The highest BCUT2D eigenvalue weighted by atomic mass is 19.1. The zero-order valence-corrected chi connectivity index (χ0v) is 28.4. The standard InChI is InChI=1S/C36H43F2N5O5/c1-7-23-26(37)10-9-21-15-22(44)16-24(27(21)23)29-28(38)30-25(17-39-29)31(43-14-8-11-35(5,46)18-43)41-32(40-30)47-20-36(12-13-36)19-42(6)33(45)48-34(2,3)4/h9-10,15-17,44,46H,7-8,11-14,18-20H2,1-6H3/t35-/m1/s1. The Balaban J connectivity index is 1.41. The van der Waals surface area contributed by atoms with Crippen LogP contribution in [0.1, 0.15) is 65.9 Å². The van der Waals surface area contributed by atoms with Crippen molar-refractivity contribution in [1.29, 1.82) is 0 Å². The third-order valence-electron chi connectivity index (χ3n) is 9.12. The summed E-state index contributed by atoms with van der Waals surface area (Å²) in [4.78, 5) is 29.8. The summed E-state index contributed by atoms with van der Waals surface area (Å²) in [6.07, 6.45) is 4.35. The maximum atomic E-state index is 16.8. The number of aromatic nitrogens is 3. The molecular weight excluding hydrogens is 620 g/mol. The summed E-state index contributed by atoms with van der Waals surface area (Å²) in [5.74, 6) is -0.929. The SMILES string of the molecule is CCc1c(F)ccc2cc(O)cc(-c3ncc4c(N5CCC[C@@](C)(O)C5)nc(OCC5(CN(C)C(=O)OC(C)(C)C)CC5)nc4c3F)c12. The minimum Gasteiger partial charge on any atom is -0.508 e. The predicted octanol–water partition coefficient (Wildman–Crippen LogP) is 6.77.